The number of rotatable bonds is 3. The molecule has 0 saturated heterocycles. The highest BCUT2D eigenvalue weighted by atomic mass is 19.4. The van der Waals surface area contributed by atoms with Crippen LogP contribution in [0.5, 0.6) is 0 Å². The molecule has 1 N–H and O–H groups in total. The molecule has 2 rings (SSSR count). The van der Waals surface area contributed by atoms with Gasteiger partial charge in [-0.05, 0) is 28.8 Å². The molecule has 2 nitrogen and oxygen atoms in total. The van der Waals surface area contributed by atoms with Gasteiger partial charge < -0.3 is 5.32 Å². The van der Waals surface area contributed by atoms with Gasteiger partial charge in [0.05, 0.1) is 12.0 Å². The van der Waals surface area contributed by atoms with Crippen LogP contribution in [0.25, 0.3) is 11.1 Å². The number of carbonyl (C=O) groups excluding carboxylic acids is 1. The van der Waals surface area contributed by atoms with Crippen molar-refractivity contribution < 1.29 is 18.0 Å². The van der Waals surface area contributed by atoms with Gasteiger partial charge in [0.2, 0.25) is 5.91 Å². The largest absolute Gasteiger partial charge is 0.416 e. The molecule has 0 spiro atoms. The van der Waals surface area contributed by atoms with Gasteiger partial charge in [-0.1, -0.05) is 36.4 Å². The Morgan fingerprint density at radius 2 is 1.76 bits per heavy atom. The predicted molar refractivity (Wildman–Crippen MR) is 74.7 cm³/mol. The van der Waals surface area contributed by atoms with Crippen molar-refractivity contribution in [2.24, 2.45) is 0 Å². The van der Waals surface area contributed by atoms with Gasteiger partial charge in [-0.25, -0.2) is 0 Å². The van der Waals surface area contributed by atoms with Crippen LogP contribution in [-0.2, 0) is 17.4 Å². The summed E-state index contributed by atoms with van der Waals surface area (Å²) in [6.07, 6.45) is -4.37. The van der Waals surface area contributed by atoms with E-state index in [-0.39, 0.29) is 12.3 Å². The summed E-state index contributed by atoms with van der Waals surface area (Å²) in [6, 6.07) is 12.2. The standard InChI is InChI=1S/C16H14F3NO/c1-20-15(21)9-12-7-8-13(16(17,18)19)10-14(12)11-5-3-2-4-6-11/h2-8,10H,9H2,1H3,(H,20,21). The molecule has 0 aliphatic rings. The van der Waals surface area contributed by atoms with Gasteiger partial charge in [0.15, 0.2) is 0 Å². The number of carbonyl (C=O) groups is 1. The van der Waals surface area contributed by atoms with E-state index >= 15 is 0 Å². The Bertz CT molecular complexity index is 636. The fourth-order valence-corrected chi connectivity index (χ4v) is 2.05. The van der Waals surface area contributed by atoms with Crippen LogP contribution >= 0.6 is 0 Å². The van der Waals surface area contributed by atoms with Crippen molar-refractivity contribution in [1.82, 2.24) is 5.32 Å². The lowest BCUT2D eigenvalue weighted by Crippen LogP contribution is -2.20. The monoisotopic (exact) mass is 293 g/mol. The summed E-state index contributed by atoms with van der Waals surface area (Å²) in [5.74, 6) is -0.244. The Hall–Kier alpha value is -2.30. The molecule has 5 heteroatoms. The first-order chi connectivity index (χ1) is 9.91. The summed E-state index contributed by atoms with van der Waals surface area (Å²) in [5, 5.41) is 2.48. The second-order valence-corrected chi connectivity index (χ2v) is 4.59. The van der Waals surface area contributed by atoms with Crippen LogP contribution in [0.4, 0.5) is 13.2 Å². The zero-order chi connectivity index (χ0) is 15.5. The summed E-state index contributed by atoms with van der Waals surface area (Å²) in [7, 11) is 1.49. The van der Waals surface area contributed by atoms with E-state index in [0.29, 0.717) is 16.7 Å². The van der Waals surface area contributed by atoms with E-state index in [1.807, 2.05) is 0 Å². The Balaban J connectivity index is 2.53. The van der Waals surface area contributed by atoms with Gasteiger partial charge in [0.1, 0.15) is 0 Å². The molecule has 0 fully saturated rings. The van der Waals surface area contributed by atoms with Gasteiger partial charge >= 0.3 is 6.18 Å². The van der Waals surface area contributed by atoms with Crippen molar-refractivity contribution in [2.45, 2.75) is 12.6 Å². The van der Waals surface area contributed by atoms with E-state index in [1.54, 1.807) is 30.3 Å². The van der Waals surface area contributed by atoms with E-state index in [0.717, 1.165) is 12.1 Å². The smallest absolute Gasteiger partial charge is 0.359 e. The molecule has 0 unspecified atom stereocenters. The third-order valence-corrected chi connectivity index (χ3v) is 3.15. The molecule has 0 aromatic heterocycles. The summed E-state index contributed by atoms with van der Waals surface area (Å²) in [4.78, 5) is 11.5. The minimum absolute atomic E-state index is 0.0405. The Morgan fingerprint density at radius 1 is 1.10 bits per heavy atom. The molecule has 0 aliphatic heterocycles. The lowest BCUT2D eigenvalue weighted by atomic mass is 9.95. The van der Waals surface area contributed by atoms with E-state index in [9.17, 15) is 18.0 Å². The van der Waals surface area contributed by atoms with Crippen molar-refractivity contribution in [2.75, 3.05) is 7.05 Å². The van der Waals surface area contributed by atoms with Gasteiger partial charge in [-0.3, -0.25) is 4.79 Å². The molecular formula is C16H14F3NO. The summed E-state index contributed by atoms with van der Waals surface area (Å²) in [6.45, 7) is 0. The maximum atomic E-state index is 12.9. The first kappa shape index (κ1) is 15.1. The van der Waals surface area contributed by atoms with E-state index in [4.69, 9.17) is 0 Å². The molecule has 0 aliphatic carbocycles. The van der Waals surface area contributed by atoms with Crippen LogP contribution in [0.2, 0.25) is 0 Å². The molecular weight excluding hydrogens is 279 g/mol. The Labute approximate surface area is 120 Å². The van der Waals surface area contributed by atoms with Gasteiger partial charge in [-0.15, -0.1) is 0 Å². The van der Waals surface area contributed by atoms with Crippen LogP contribution in [-0.4, -0.2) is 13.0 Å². The predicted octanol–water partition coefficient (Wildman–Crippen LogP) is 3.66. The third-order valence-electron chi connectivity index (χ3n) is 3.15. The van der Waals surface area contributed by atoms with Crippen molar-refractivity contribution in [3.8, 4) is 11.1 Å². The van der Waals surface area contributed by atoms with Gasteiger partial charge in [-0.2, -0.15) is 13.2 Å². The van der Waals surface area contributed by atoms with Crippen LogP contribution in [0.3, 0.4) is 0 Å². The molecule has 0 saturated carbocycles. The minimum Gasteiger partial charge on any atom is -0.359 e. The fourth-order valence-electron chi connectivity index (χ4n) is 2.05. The topological polar surface area (TPSA) is 29.1 Å². The maximum Gasteiger partial charge on any atom is 0.416 e. The molecule has 110 valence electrons. The average molecular weight is 293 g/mol. The van der Waals surface area contributed by atoms with Crippen LogP contribution in [0, 0.1) is 0 Å². The SMILES string of the molecule is CNC(=O)Cc1ccc(C(F)(F)F)cc1-c1ccccc1. The number of likely N-dealkylation sites (N-methyl/N-ethyl adjacent to an activating group) is 1. The second kappa shape index (κ2) is 5.99. The number of nitrogens with one attached hydrogen (secondary N) is 1. The highest BCUT2D eigenvalue weighted by Crippen LogP contribution is 2.34. The number of hydrogen-bond acceptors (Lipinski definition) is 1. The summed E-state index contributed by atoms with van der Waals surface area (Å²) < 4.78 is 38.6. The molecule has 0 radical (unpaired) electrons. The van der Waals surface area contributed by atoms with Crippen LogP contribution in [0.15, 0.2) is 48.5 Å². The van der Waals surface area contributed by atoms with E-state index < -0.39 is 11.7 Å². The van der Waals surface area contributed by atoms with E-state index in [2.05, 4.69) is 5.32 Å². The fraction of sp³-hybridized carbons (Fsp3) is 0.188. The first-order valence-electron chi connectivity index (χ1n) is 6.38. The summed E-state index contributed by atoms with van der Waals surface area (Å²) >= 11 is 0. The summed E-state index contributed by atoms with van der Waals surface area (Å²) in [5.41, 5.74) is 0.923. The molecule has 21 heavy (non-hydrogen) atoms. The van der Waals surface area contributed by atoms with Crippen molar-refractivity contribution >= 4 is 5.91 Å². The Morgan fingerprint density at radius 3 is 2.33 bits per heavy atom. The zero-order valence-corrected chi connectivity index (χ0v) is 11.4. The average Bonchev–Trinajstić information content (AvgIpc) is 2.47. The number of benzene rings is 2. The highest BCUT2D eigenvalue weighted by molar-refractivity contribution is 5.82. The minimum atomic E-state index is -4.41. The normalized spacial score (nSPS) is 11.2. The molecule has 1 amide bonds. The number of amides is 1. The molecule has 0 bridgehead atoms. The quantitative estimate of drug-likeness (QED) is 0.919. The zero-order valence-electron chi connectivity index (χ0n) is 11.4. The highest BCUT2D eigenvalue weighted by Gasteiger charge is 2.31. The first-order valence-corrected chi connectivity index (χ1v) is 6.38. The van der Waals surface area contributed by atoms with Crippen molar-refractivity contribution in [3.63, 3.8) is 0 Å². The third kappa shape index (κ3) is 3.62. The molecule has 2 aromatic rings. The number of halogens is 3. The molecule has 2 aromatic carbocycles. The van der Waals surface area contributed by atoms with Crippen molar-refractivity contribution in [1.29, 1.82) is 0 Å². The number of hydrogen-bond donors (Lipinski definition) is 1. The lowest BCUT2D eigenvalue weighted by Gasteiger charge is -2.13. The lowest BCUT2D eigenvalue weighted by molar-refractivity contribution is -0.137. The van der Waals surface area contributed by atoms with Gasteiger partial charge in [0, 0.05) is 7.05 Å². The molecule has 0 atom stereocenters. The van der Waals surface area contributed by atoms with E-state index in [1.165, 1.54) is 13.1 Å². The van der Waals surface area contributed by atoms with Gasteiger partial charge in [0.25, 0.3) is 0 Å². The second-order valence-electron chi connectivity index (χ2n) is 4.59. The van der Waals surface area contributed by atoms with Crippen LogP contribution < -0.4 is 5.32 Å². The van der Waals surface area contributed by atoms with Crippen molar-refractivity contribution in [3.05, 3.63) is 59.7 Å². The van der Waals surface area contributed by atoms with Crippen LogP contribution in [0.1, 0.15) is 11.1 Å². The molecule has 0 heterocycles. The maximum absolute atomic E-state index is 12.9. The number of alkyl halides is 3. The Kier molecular flexibility index (Phi) is 4.31.